The Balaban J connectivity index is 4.39. The van der Waals surface area contributed by atoms with Crippen molar-refractivity contribution in [1.82, 2.24) is 0 Å². The van der Waals surface area contributed by atoms with E-state index in [1.54, 1.807) is 0 Å². The number of carbonyl (C=O) groups is 2. The first kappa shape index (κ1) is 50.7. The number of carboxylic acid groups (broad SMARTS) is 1. The predicted octanol–water partition coefficient (Wildman–Crippen LogP) is 10.9. The molecule has 0 saturated carbocycles. The molecule has 0 fully saturated rings. The molecule has 0 aromatic carbocycles. The number of esters is 1. The van der Waals surface area contributed by atoms with E-state index >= 15 is 0 Å². The average Bonchev–Trinajstić information content (AvgIpc) is 3.13. The summed E-state index contributed by atoms with van der Waals surface area (Å²) in [5.74, 6) is -1.84. The van der Waals surface area contributed by atoms with E-state index in [-0.39, 0.29) is 13.0 Å². The van der Waals surface area contributed by atoms with Gasteiger partial charge in [0.1, 0.15) is 12.1 Å². The van der Waals surface area contributed by atoms with Gasteiger partial charge >= 0.3 is 19.8 Å². The minimum Gasteiger partial charge on any atom is -0.480 e. The summed E-state index contributed by atoms with van der Waals surface area (Å²) < 4.78 is 33.2. The number of hydrogen-bond donors (Lipinski definition) is 3. The van der Waals surface area contributed by atoms with Crippen LogP contribution in [0.5, 0.6) is 0 Å². The summed E-state index contributed by atoms with van der Waals surface area (Å²) in [5, 5.41) is 8.88. The van der Waals surface area contributed by atoms with Crippen molar-refractivity contribution in [1.29, 1.82) is 0 Å². The highest BCUT2D eigenvalue weighted by atomic mass is 31.2. The van der Waals surface area contributed by atoms with E-state index in [1.165, 1.54) is 70.6 Å². The van der Waals surface area contributed by atoms with Crippen molar-refractivity contribution in [2.45, 2.75) is 167 Å². The van der Waals surface area contributed by atoms with Crippen molar-refractivity contribution in [2.75, 3.05) is 26.4 Å². The topological polar surface area (TPSA) is 155 Å². The molecule has 3 atom stereocenters. The fourth-order valence-corrected chi connectivity index (χ4v) is 5.95. The molecule has 1 unspecified atom stereocenters. The lowest BCUT2D eigenvalue weighted by Crippen LogP contribution is -2.34. The smallest absolute Gasteiger partial charge is 0.472 e. The first-order valence-corrected chi connectivity index (χ1v) is 21.8. The first-order valence-electron chi connectivity index (χ1n) is 20.3. The van der Waals surface area contributed by atoms with Crippen molar-refractivity contribution in [3.63, 3.8) is 0 Å². The largest absolute Gasteiger partial charge is 0.480 e. The molecule has 53 heavy (non-hydrogen) atoms. The minimum atomic E-state index is -4.63. The maximum Gasteiger partial charge on any atom is 0.472 e. The molecule has 11 heteroatoms. The Morgan fingerprint density at radius 1 is 0.623 bits per heavy atom. The van der Waals surface area contributed by atoms with Crippen LogP contribution in [0.25, 0.3) is 0 Å². The maximum atomic E-state index is 12.6. The molecule has 0 rings (SSSR count). The van der Waals surface area contributed by atoms with E-state index in [0.717, 1.165) is 51.4 Å². The fourth-order valence-electron chi connectivity index (χ4n) is 5.17. The second kappa shape index (κ2) is 38.0. The third-order valence-corrected chi connectivity index (χ3v) is 9.26. The van der Waals surface area contributed by atoms with Gasteiger partial charge in [0.15, 0.2) is 0 Å². The maximum absolute atomic E-state index is 12.6. The molecule has 0 aliphatic rings. The van der Waals surface area contributed by atoms with Crippen LogP contribution in [-0.4, -0.2) is 60.5 Å². The van der Waals surface area contributed by atoms with E-state index in [2.05, 4.69) is 68.5 Å². The number of hydrogen-bond acceptors (Lipinski definition) is 8. The molecular weight excluding hydrogens is 693 g/mol. The van der Waals surface area contributed by atoms with Gasteiger partial charge in [-0.25, -0.2) is 4.57 Å². The normalized spacial score (nSPS) is 14.6. The van der Waals surface area contributed by atoms with Crippen molar-refractivity contribution < 1.29 is 42.7 Å². The average molecular weight is 768 g/mol. The summed E-state index contributed by atoms with van der Waals surface area (Å²) in [6, 6.07) is -1.48. The molecule has 306 valence electrons. The highest BCUT2D eigenvalue weighted by Gasteiger charge is 2.27. The zero-order chi connectivity index (χ0) is 39.1. The number of ether oxygens (including phenoxy) is 2. The van der Waals surface area contributed by atoms with Crippen LogP contribution in [0.4, 0.5) is 0 Å². The second-order valence-corrected chi connectivity index (χ2v) is 14.8. The SMILES string of the molecule is CC/C=C\C/C=C\C/C=C\C/C=C\C/C=C\CCCC(=O)O[C@H](COCCCCCCCCCCCCCCCC)COP(=O)(O)OC[C@H](N)C(=O)O. The number of carboxylic acids is 1. The molecule has 0 radical (unpaired) electrons. The Bertz CT molecular complexity index is 1070. The molecule has 10 nitrogen and oxygen atoms in total. The molecule has 0 aliphatic carbocycles. The van der Waals surface area contributed by atoms with Gasteiger partial charge in [0, 0.05) is 13.0 Å². The minimum absolute atomic E-state index is 0.00635. The van der Waals surface area contributed by atoms with Crippen LogP contribution in [0.3, 0.4) is 0 Å². The highest BCUT2D eigenvalue weighted by molar-refractivity contribution is 7.47. The van der Waals surface area contributed by atoms with Gasteiger partial charge in [-0.15, -0.1) is 0 Å². The number of unbranched alkanes of at least 4 members (excludes halogenated alkanes) is 14. The van der Waals surface area contributed by atoms with Crippen molar-refractivity contribution in [3.8, 4) is 0 Å². The molecule has 0 amide bonds. The Kier molecular flexibility index (Phi) is 36.3. The highest BCUT2D eigenvalue weighted by Crippen LogP contribution is 2.43. The second-order valence-electron chi connectivity index (χ2n) is 13.4. The number of aliphatic carboxylic acids is 1. The third-order valence-electron chi connectivity index (χ3n) is 8.31. The summed E-state index contributed by atoms with van der Waals surface area (Å²) in [7, 11) is -4.63. The number of rotatable bonds is 38. The molecule has 0 aliphatic heterocycles. The quantitative estimate of drug-likeness (QED) is 0.0239. The van der Waals surface area contributed by atoms with Crippen molar-refractivity contribution in [2.24, 2.45) is 5.73 Å². The van der Waals surface area contributed by atoms with Crippen LogP contribution >= 0.6 is 7.82 Å². The van der Waals surface area contributed by atoms with E-state index in [9.17, 15) is 19.0 Å². The fraction of sp³-hybridized carbons (Fsp3) is 0.714. The molecule has 4 N–H and O–H groups in total. The summed E-state index contributed by atoms with van der Waals surface area (Å²) in [6.45, 7) is 3.69. The van der Waals surface area contributed by atoms with Gasteiger partial charge in [0.05, 0.1) is 19.8 Å². The lowest BCUT2D eigenvalue weighted by Gasteiger charge is -2.20. The Morgan fingerprint density at radius 3 is 1.57 bits per heavy atom. The van der Waals surface area contributed by atoms with Crippen LogP contribution in [0.15, 0.2) is 60.8 Å². The van der Waals surface area contributed by atoms with Crippen LogP contribution in [-0.2, 0) is 32.7 Å². The summed E-state index contributed by atoms with van der Waals surface area (Å²) in [4.78, 5) is 33.4. The van der Waals surface area contributed by atoms with E-state index in [0.29, 0.717) is 19.4 Å². The Morgan fingerprint density at radius 2 is 1.08 bits per heavy atom. The number of phosphoric ester groups is 1. The molecular formula is C42H74NO9P. The lowest BCUT2D eigenvalue weighted by atomic mass is 10.0. The summed E-state index contributed by atoms with van der Waals surface area (Å²) in [5.41, 5.74) is 5.34. The van der Waals surface area contributed by atoms with Gasteiger partial charge in [0.2, 0.25) is 0 Å². The monoisotopic (exact) mass is 768 g/mol. The lowest BCUT2D eigenvalue weighted by molar-refractivity contribution is -0.154. The molecule has 0 saturated heterocycles. The molecule has 0 aromatic rings. The van der Waals surface area contributed by atoms with Gasteiger partial charge < -0.3 is 25.2 Å². The van der Waals surface area contributed by atoms with Gasteiger partial charge in [0.25, 0.3) is 0 Å². The zero-order valence-electron chi connectivity index (χ0n) is 33.1. The van der Waals surface area contributed by atoms with Crippen molar-refractivity contribution >= 4 is 19.8 Å². The summed E-state index contributed by atoms with van der Waals surface area (Å²) in [6.07, 6.45) is 44.2. The Labute approximate surface area is 322 Å². The Hall–Kier alpha value is -2.33. The van der Waals surface area contributed by atoms with Crippen molar-refractivity contribution in [3.05, 3.63) is 60.8 Å². The van der Waals surface area contributed by atoms with Gasteiger partial charge in [-0.05, 0) is 51.4 Å². The van der Waals surface area contributed by atoms with E-state index < -0.39 is 45.1 Å². The van der Waals surface area contributed by atoms with E-state index in [1.807, 2.05) is 6.08 Å². The van der Waals surface area contributed by atoms with Gasteiger partial charge in [-0.1, -0.05) is 158 Å². The van der Waals surface area contributed by atoms with Crippen LogP contribution in [0.2, 0.25) is 0 Å². The van der Waals surface area contributed by atoms with Crippen LogP contribution in [0, 0.1) is 0 Å². The van der Waals surface area contributed by atoms with Gasteiger partial charge in [-0.3, -0.25) is 18.6 Å². The first-order chi connectivity index (χ1) is 25.7. The van der Waals surface area contributed by atoms with Gasteiger partial charge in [-0.2, -0.15) is 0 Å². The number of nitrogens with two attached hydrogens (primary N) is 1. The number of phosphoric acid groups is 1. The van der Waals surface area contributed by atoms with E-state index in [4.69, 9.17) is 29.4 Å². The molecule has 0 aromatic heterocycles. The zero-order valence-corrected chi connectivity index (χ0v) is 34.0. The standard InChI is InChI=1S/C42H74NO9P/c1-3-5-7-9-11-13-15-17-19-20-21-22-24-26-28-30-32-34-41(44)52-39(37-50-53(47,48)51-38-40(43)42(45)46)36-49-35-33-31-29-27-25-23-18-16-14-12-10-8-6-4-2/h5,7,11,13,17,19,21-22,26,28,39-40H,3-4,6,8-10,12,14-16,18,20,23-25,27,29-38,43H2,1-2H3,(H,45,46)(H,47,48)/b7-5-,13-11-,19-17-,22-21-,28-26-/t39-,40+/m1/s1. The molecule has 0 spiro atoms. The number of carbonyl (C=O) groups excluding carboxylic acids is 1. The third kappa shape index (κ3) is 37.8. The predicted molar refractivity (Wildman–Crippen MR) is 217 cm³/mol. The number of allylic oxidation sites excluding steroid dienone is 10. The van der Waals surface area contributed by atoms with Crippen LogP contribution in [0.1, 0.15) is 155 Å². The molecule has 0 bridgehead atoms. The molecule has 0 heterocycles. The van der Waals surface area contributed by atoms with Crippen LogP contribution < -0.4 is 5.73 Å². The summed E-state index contributed by atoms with van der Waals surface area (Å²) >= 11 is 0.